The molecule has 0 aliphatic carbocycles. The molecule has 0 rings (SSSR count). The summed E-state index contributed by atoms with van der Waals surface area (Å²) in [5.74, 6) is 0. The van der Waals surface area contributed by atoms with Crippen LogP contribution in [0.15, 0.2) is 0 Å². The summed E-state index contributed by atoms with van der Waals surface area (Å²) in [4.78, 5) is 0. The highest BCUT2D eigenvalue weighted by Gasteiger charge is 2.22. The van der Waals surface area contributed by atoms with Crippen molar-refractivity contribution in [2.75, 3.05) is 13.1 Å². The Kier molecular flexibility index (Phi) is 2.70. The van der Waals surface area contributed by atoms with Gasteiger partial charge in [-0.1, -0.05) is 0 Å². The van der Waals surface area contributed by atoms with E-state index in [1.165, 1.54) is 0 Å². The number of nitriles is 2. The Morgan fingerprint density at radius 1 is 1.11 bits per heavy atom. The molecule has 9 heavy (non-hydrogen) atoms. The molecule has 0 spiro atoms. The summed E-state index contributed by atoms with van der Waals surface area (Å²) < 4.78 is -0.111. The summed E-state index contributed by atoms with van der Waals surface area (Å²) in [6.45, 7) is 4.78. The lowest BCUT2D eigenvalue weighted by Gasteiger charge is -2.13. The second kappa shape index (κ2) is 3.06. The molecule has 0 saturated heterocycles. The van der Waals surface area contributed by atoms with Crippen molar-refractivity contribution < 1.29 is 4.48 Å². The minimum atomic E-state index is -0.111. The fourth-order valence-electron chi connectivity index (χ4n) is 0.529. The quantitative estimate of drug-likeness (QED) is 0.404. The van der Waals surface area contributed by atoms with Crippen LogP contribution in [0.4, 0.5) is 0 Å². The molecule has 0 radical (unpaired) electrons. The molecule has 0 unspecified atom stereocenters. The Bertz CT molecular complexity index is 140. The predicted octanol–water partition coefficient (Wildman–Crippen LogP) is 0.805. The van der Waals surface area contributed by atoms with Gasteiger partial charge in [-0.3, -0.25) is 0 Å². The van der Waals surface area contributed by atoms with Crippen LogP contribution in [0.1, 0.15) is 13.8 Å². The van der Waals surface area contributed by atoms with E-state index in [1.54, 1.807) is 0 Å². The van der Waals surface area contributed by atoms with E-state index < -0.39 is 0 Å². The van der Waals surface area contributed by atoms with Gasteiger partial charge in [0.25, 0.3) is 0 Å². The minimum absolute atomic E-state index is 0.111. The van der Waals surface area contributed by atoms with Crippen LogP contribution < -0.4 is 0 Å². The first-order chi connectivity index (χ1) is 4.24. The molecule has 0 N–H and O–H groups in total. The highest BCUT2D eigenvalue weighted by molar-refractivity contribution is 4.67. The molecular weight excluding hydrogens is 114 g/mol. The van der Waals surface area contributed by atoms with Crippen LogP contribution in [0.2, 0.25) is 0 Å². The van der Waals surface area contributed by atoms with Gasteiger partial charge in [-0.05, 0) is 13.8 Å². The van der Waals surface area contributed by atoms with Gasteiger partial charge >= 0.3 is 12.4 Å². The lowest BCUT2D eigenvalue weighted by Crippen LogP contribution is -2.37. The summed E-state index contributed by atoms with van der Waals surface area (Å²) in [5, 5.41) is 17.0. The van der Waals surface area contributed by atoms with Gasteiger partial charge in [0.15, 0.2) is 0 Å². The predicted molar refractivity (Wildman–Crippen MR) is 32.6 cm³/mol. The van der Waals surface area contributed by atoms with E-state index in [0.29, 0.717) is 13.1 Å². The summed E-state index contributed by atoms with van der Waals surface area (Å²) in [5.41, 5.74) is 0. The molecule has 3 heteroatoms. The maximum absolute atomic E-state index is 8.48. The molecule has 0 atom stereocenters. The normalized spacial score (nSPS) is 9.78. The first-order valence-electron chi connectivity index (χ1n) is 2.94. The van der Waals surface area contributed by atoms with Crippen LogP contribution in [0.5, 0.6) is 0 Å². The van der Waals surface area contributed by atoms with E-state index in [2.05, 4.69) is 0 Å². The molecule has 3 nitrogen and oxygen atoms in total. The monoisotopic (exact) mass is 124 g/mol. The summed E-state index contributed by atoms with van der Waals surface area (Å²) in [6, 6.07) is 0. The second-order valence-electron chi connectivity index (χ2n) is 1.80. The smallest absolute Gasteiger partial charge is 0.128 e. The molecule has 0 saturated carbocycles. The summed E-state index contributed by atoms with van der Waals surface area (Å²) in [7, 11) is 0. The van der Waals surface area contributed by atoms with Crippen LogP contribution in [-0.4, -0.2) is 17.6 Å². The maximum atomic E-state index is 8.48. The minimum Gasteiger partial charge on any atom is -0.128 e. The van der Waals surface area contributed by atoms with Gasteiger partial charge in [-0.15, -0.1) is 15.0 Å². The average Bonchev–Trinajstić information content (AvgIpc) is 1.95. The Balaban J connectivity index is 4.28. The Hall–Kier alpha value is -1.06. The zero-order valence-electron chi connectivity index (χ0n) is 5.76. The Morgan fingerprint density at radius 2 is 1.44 bits per heavy atom. The van der Waals surface area contributed by atoms with Gasteiger partial charge in [0.2, 0.25) is 0 Å². The largest absolute Gasteiger partial charge is 0.324 e. The molecule has 0 amide bonds. The highest BCUT2D eigenvalue weighted by Crippen LogP contribution is 1.99. The molecule has 0 aromatic heterocycles. The van der Waals surface area contributed by atoms with Crippen LogP contribution >= 0.6 is 0 Å². The van der Waals surface area contributed by atoms with Crippen molar-refractivity contribution in [2.45, 2.75) is 13.8 Å². The third-order valence-electron chi connectivity index (χ3n) is 1.46. The highest BCUT2D eigenvalue weighted by atomic mass is 15.3. The van der Waals surface area contributed by atoms with E-state index >= 15 is 0 Å². The van der Waals surface area contributed by atoms with Crippen LogP contribution in [-0.2, 0) is 0 Å². The van der Waals surface area contributed by atoms with E-state index in [1.807, 2.05) is 26.2 Å². The first kappa shape index (κ1) is 7.94. The van der Waals surface area contributed by atoms with Crippen molar-refractivity contribution in [3.8, 4) is 12.4 Å². The van der Waals surface area contributed by atoms with Gasteiger partial charge in [-0.2, -0.15) is 0 Å². The van der Waals surface area contributed by atoms with Crippen molar-refractivity contribution in [1.29, 1.82) is 10.5 Å². The number of rotatable bonds is 2. The Labute approximate surface area is 55.3 Å². The van der Waals surface area contributed by atoms with Crippen molar-refractivity contribution in [3.05, 3.63) is 0 Å². The van der Waals surface area contributed by atoms with Crippen LogP contribution in [0, 0.1) is 22.9 Å². The number of nitrogens with zero attached hydrogens (tertiary/aromatic N) is 3. The molecular formula is C6H10N3+. The van der Waals surface area contributed by atoms with Crippen molar-refractivity contribution >= 4 is 0 Å². The van der Waals surface area contributed by atoms with Gasteiger partial charge in [0.05, 0.1) is 0 Å². The number of hydrogen-bond acceptors (Lipinski definition) is 2. The SMILES string of the molecule is CC[N+](C#N)(C#N)CC. The van der Waals surface area contributed by atoms with Gasteiger partial charge < -0.3 is 0 Å². The molecule has 0 heterocycles. The lowest BCUT2D eigenvalue weighted by molar-refractivity contribution is -0.795. The third-order valence-corrected chi connectivity index (χ3v) is 1.46. The fourth-order valence-corrected chi connectivity index (χ4v) is 0.529. The van der Waals surface area contributed by atoms with Crippen LogP contribution in [0.3, 0.4) is 0 Å². The van der Waals surface area contributed by atoms with E-state index in [-0.39, 0.29) is 4.48 Å². The molecule has 0 aliphatic heterocycles. The fraction of sp³-hybridized carbons (Fsp3) is 0.667. The molecule has 0 aromatic rings. The maximum Gasteiger partial charge on any atom is 0.324 e. The topological polar surface area (TPSA) is 47.6 Å². The molecule has 0 fully saturated rings. The molecule has 48 valence electrons. The number of quaternary nitrogens is 1. The van der Waals surface area contributed by atoms with Gasteiger partial charge in [-0.25, -0.2) is 0 Å². The van der Waals surface area contributed by atoms with E-state index in [4.69, 9.17) is 10.5 Å². The third kappa shape index (κ3) is 1.42. The van der Waals surface area contributed by atoms with E-state index in [9.17, 15) is 0 Å². The molecule has 0 aromatic carbocycles. The van der Waals surface area contributed by atoms with Gasteiger partial charge in [0.1, 0.15) is 13.1 Å². The average molecular weight is 124 g/mol. The zero-order valence-corrected chi connectivity index (χ0v) is 5.76. The Morgan fingerprint density at radius 3 is 1.44 bits per heavy atom. The molecule has 0 bridgehead atoms. The lowest BCUT2D eigenvalue weighted by atomic mass is 10.5. The summed E-state index contributed by atoms with van der Waals surface area (Å²) >= 11 is 0. The van der Waals surface area contributed by atoms with Gasteiger partial charge in [0, 0.05) is 0 Å². The van der Waals surface area contributed by atoms with Crippen molar-refractivity contribution in [1.82, 2.24) is 0 Å². The molecule has 0 aliphatic rings. The van der Waals surface area contributed by atoms with Crippen molar-refractivity contribution in [3.63, 3.8) is 0 Å². The summed E-state index contributed by atoms with van der Waals surface area (Å²) in [6.07, 6.45) is 3.88. The standard InChI is InChI=1S/C6H10N3/c1-3-9(4-2,5-7)6-8/h3-4H2,1-2H3/q+1. The second-order valence-corrected chi connectivity index (χ2v) is 1.80. The number of hydrogen-bond donors (Lipinski definition) is 0. The van der Waals surface area contributed by atoms with Crippen molar-refractivity contribution in [2.24, 2.45) is 0 Å². The van der Waals surface area contributed by atoms with E-state index in [0.717, 1.165) is 0 Å². The zero-order chi connectivity index (χ0) is 7.33. The van der Waals surface area contributed by atoms with Crippen LogP contribution in [0.25, 0.3) is 0 Å². The first-order valence-corrected chi connectivity index (χ1v) is 2.94.